The van der Waals surface area contributed by atoms with Crippen LogP contribution in [-0.2, 0) is 11.3 Å². The molecule has 0 aliphatic rings. The largest absolute Gasteiger partial charge is 0.426 e. The van der Waals surface area contributed by atoms with Gasteiger partial charge < -0.3 is 9.30 Å². The number of hydrogen-bond donors (Lipinski definition) is 0. The van der Waals surface area contributed by atoms with Crippen LogP contribution in [0.3, 0.4) is 0 Å². The van der Waals surface area contributed by atoms with Crippen LogP contribution in [0.15, 0.2) is 59.6 Å². The highest BCUT2D eigenvalue weighted by molar-refractivity contribution is 7.98. The molecule has 0 saturated heterocycles. The Morgan fingerprint density at radius 2 is 1.90 bits per heavy atom. The average Bonchev–Trinajstić information content (AvgIpc) is 3.13. The highest BCUT2D eigenvalue weighted by Gasteiger charge is 2.15. The number of aromatic nitrogens is 2. The van der Waals surface area contributed by atoms with E-state index in [0.717, 1.165) is 35.5 Å². The van der Waals surface area contributed by atoms with E-state index in [1.807, 2.05) is 37.4 Å². The molecule has 0 bridgehead atoms. The molecule has 3 rings (SSSR count). The van der Waals surface area contributed by atoms with Gasteiger partial charge in [0.15, 0.2) is 0 Å². The summed E-state index contributed by atoms with van der Waals surface area (Å²) in [6.07, 6.45) is 6.33. The molecule has 0 aliphatic carbocycles. The quantitative estimate of drug-likeness (QED) is 0.229. The third kappa shape index (κ3) is 5.54. The fourth-order valence-electron chi connectivity index (χ4n) is 3.28. The first-order valence-corrected chi connectivity index (χ1v) is 11.7. The van der Waals surface area contributed by atoms with E-state index in [1.54, 1.807) is 11.8 Å². The maximum atomic E-state index is 12.4. The Labute approximate surface area is 183 Å². The van der Waals surface area contributed by atoms with Crippen molar-refractivity contribution in [3.63, 3.8) is 0 Å². The minimum absolute atomic E-state index is 0.169. The summed E-state index contributed by atoms with van der Waals surface area (Å²) < 4.78 is 7.90. The smallest absolute Gasteiger partial charge is 0.311 e. The van der Waals surface area contributed by atoms with Gasteiger partial charge in [0.1, 0.15) is 11.6 Å². The van der Waals surface area contributed by atoms with Crippen molar-refractivity contribution >= 4 is 17.7 Å². The van der Waals surface area contributed by atoms with Crippen LogP contribution in [0.1, 0.15) is 44.4 Å². The average molecular weight is 423 g/mol. The van der Waals surface area contributed by atoms with Crippen LogP contribution in [-0.4, -0.2) is 21.8 Å². The predicted molar refractivity (Wildman–Crippen MR) is 124 cm³/mol. The van der Waals surface area contributed by atoms with Gasteiger partial charge in [-0.1, -0.05) is 50.6 Å². The van der Waals surface area contributed by atoms with E-state index in [2.05, 4.69) is 53.9 Å². The molecule has 2 aromatic carbocycles. The fourth-order valence-corrected chi connectivity index (χ4v) is 3.69. The number of imidazole rings is 1. The monoisotopic (exact) mass is 422 g/mol. The van der Waals surface area contributed by atoms with Gasteiger partial charge in [-0.25, -0.2) is 4.98 Å². The summed E-state index contributed by atoms with van der Waals surface area (Å²) in [7, 11) is 0. The number of carbonyl (C=O) groups excluding carboxylic acids is 1. The Kier molecular flexibility index (Phi) is 7.75. The van der Waals surface area contributed by atoms with Crippen molar-refractivity contribution in [3.8, 4) is 17.1 Å². The summed E-state index contributed by atoms with van der Waals surface area (Å²) in [5.74, 6) is 1.90. The lowest BCUT2D eigenvalue weighted by molar-refractivity contribution is -0.134. The molecule has 0 N–H and O–H groups in total. The number of ether oxygens (including phenoxy) is 1. The summed E-state index contributed by atoms with van der Waals surface area (Å²) in [6, 6.07) is 16.2. The second-order valence-corrected chi connectivity index (χ2v) is 8.55. The molecule has 1 heterocycles. The highest BCUT2D eigenvalue weighted by atomic mass is 32.2. The molecule has 0 saturated carbocycles. The lowest BCUT2D eigenvalue weighted by atomic mass is 10.0. The Morgan fingerprint density at radius 3 is 2.60 bits per heavy atom. The Hall–Kier alpha value is -2.53. The van der Waals surface area contributed by atoms with Crippen molar-refractivity contribution in [2.75, 3.05) is 6.26 Å². The first kappa shape index (κ1) is 22.2. The van der Waals surface area contributed by atoms with Crippen molar-refractivity contribution in [3.05, 3.63) is 66.0 Å². The SMILES string of the molecule is CC[C@@H](C)CCC(=O)Oc1ccccc1Cn1c(C)cnc1-c1ccc(SC)cc1. The molecular weight excluding hydrogens is 392 g/mol. The standard InChI is InChI=1S/C25H30N2O2S/c1-5-18(2)10-15-24(28)29-23-9-7-6-8-21(23)17-27-19(3)16-26-25(27)20-11-13-22(30-4)14-12-20/h6-9,11-14,16,18H,5,10,15,17H2,1-4H3/t18-/m1/s1. The number of thioether (sulfide) groups is 1. The molecule has 1 atom stereocenters. The Morgan fingerprint density at radius 1 is 1.17 bits per heavy atom. The molecular formula is C25H30N2O2S. The first-order valence-electron chi connectivity index (χ1n) is 10.5. The van der Waals surface area contributed by atoms with Crippen LogP contribution in [0.25, 0.3) is 11.4 Å². The van der Waals surface area contributed by atoms with Crippen molar-refractivity contribution in [2.24, 2.45) is 5.92 Å². The molecule has 0 radical (unpaired) electrons. The number of rotatable bonds is 9. The summed E-state index contributed by atoms with van der Waals surface area (Å²) in [5.41, 5.74) is 3.11. The fraction of sp³-hybridized carbons (Fsp3) is 0.360. The zero-order chi connectivity index (χ0) is 21.5. The molecule has 0 fully saturated rings. The van der Waals surface area contributed by atoms with Gasteiger partial charge in [-0.3, -0.25) is 4.79 Å². The molecule has 1 aromatic heterocycles. The lowest BCUT2D eigenvalue weighted by Gasteiger charge is -2.15. The molecule has 0 amide bonds. The maximum absolute atomic E-state index is 12.4. The number of hydrogen-bond acceptors (Lipinski definition) is 4. The first-order chi connectivity index (χ1) is 14.5. The number of nitrogens with zero attached hydrogens (tertiary/aromatic N) is 2. The normalized spacial score (nSPS) is 12.0. The summed E-state index contributed by atoms with van der Waals surface area (Å²) in [6.45, 7) is 6.95. The minimum Gasteiger partial charge on any atom is -0.426 e. The summed E-state index contributed by atoms with van der Waals surface area (Å²) in [5, 5.41) is 0. The van der Waals surface area contributed by atoms with Gasteiger partial charge in [0, 0.05) is 34.3 Å². The van der Waals surface area contributed by atoms with Crippen molar-refractivity contribution in [2.45, 2.75) is 51.5 Å². The van der Waals surface area contributed by atoms with Crippen LogP contribution < -0.4 is 4.74 Å². The molecule has 0 aliphatic heterocycles. The second-order valence-electron chi connectivity index (χ2n) is 7.67. The van der Waals surface area contributed by atoms with Crippen molar-refractivity contribution < 1.29 is 9.53 Å². The van der Waals surface area contributed by atoms with Gasteiger partial charge in [0.2, 0.25) is 0 Å². The van der Waals surface area contributed by atoms with E-state index in [0.29, 0.717) is 24.6 Å². The van der Waals surface area contributed by atoms with Crippen molar-refractivity contribution in [1.82, 2.24) is 9.55 Å². The van der Waals surface area contributed by atoms with Gasteiger partial charge >= 0.3 is 5.97 Å². The molecule has 5 heteroatoms. The molecule has 0 spiro atoms. The summed E-state index contributed by atoms with van der Waals surface area (Å²) in [4.78, 5) is 18.2. The van der Waals surface area contributed by atoms with E-state index in [-0.39, 0.29) is 5.97 Å². The zero-order valence-electron chi connectivity index (χ0n) is 18.2. The maximum Gasteiger partial charge on any atom is 0.311 e. The van der Waals surface area contributed by atoms with E-state index < -0.39 is 0 Å². The van der Waals surface area contributed by atoms with Gasteiger partial charge in [-0.05, 0) is 43.7 Å². The van der Waals surface area contributed by atoms with Gasteiger partial charge in [0.25, 0.3) is 0 Å². The van der Waals surface area contributed by atoms with Crippen LogP contribution in [0.2, 0.25) is 0 Å². The predicted octanol–water partition coefficient (Wildman–Crippen LogP) is 6.36. The Balaban J connectivity index is 1.80. The number of aryl methyl sites for hydroxylation is 1. The molecule has 30 heavy (non-hydrogen) atoms. The number of esters is 1. The van der Waals surface area contributed by atoms with Crippen LogP contribution in [0.5, 0.6) is 5.75 Å². The topological polar surface area (TPSA) is 44.1 Å². The zero-order valence-corrected chi connectivity index (χ0v) is 19.0. The molecule has 3 aromatic rings. The van der Waals surface area contributed by atoms with Crippen LogP contribution >= 0.6 is 11.8 Å². The van der Waals surface area contributed by atoms with E-state index in [9.17, 15) is 4.79 Å². The molecule has 0 unspecified atom stereocenters. The van der Waals surface area contributed by atoms with Crippen LogP contribution in [0.4, 0.5) is 0 Å². The number of carbonyl (C=O) groups is 1. The van der Waals surface area contributed by atoms with Gasteiger partial charge in [0.05, 0.1) is 6.54 Å². The minimum atomic E-state index is -0.169. The van der Waals surface area contributed by atoms with E-state index in [4.69, 9.17) is 4.74 Å². The lowest BCUT2D eigenvalue weighted by Crippen LogP contribution is -2.12. The van der Waals surface area contributed by atoms with Gasteiger partial charge in [-0.2, -0.15) is 0 Å². The number of para-hydroxylation sites is 1. The second kappa shape index (κ2) is 10.5. The van der Waals surface area contributed by atoms with Crippen molar-refractivity contribution in [1.29, 1.82) is 0 Å². The molecule has 158 valence electrons. The van der Waals surface area contributed by atoms with Crippen LogP contribution in [0, 0.1) is 12.8 Å². The number of benzene rings is 2. The van der Waals surface area contributed by atoms with E-state index >= 15 is 0 Å². The van der Waals surface area contributed by atoms with E-state index in [1.165, 1.54) is 4.90 Å². The Bertz CT molecular complexity index is 979. The third-order valence-electron chi connectivity index (χ3n) is 5.47. The highest BCUT2D eigenvalue weighted by Crippen LogP contribution is 2.27. The van der Waals surface area contributed by atoms with Gasteiger partial charge in [-0.15, -0.1) is 11.8 Å². The molecule has 4 nitrogen and oxygen atoms in total. The third-order valence-corrected chi connectivity index (χ3v) is 6.21. The summed E-state index contributed by atoms with van der Waals surface area (Å²) >= 11 is 1.72.